The second-order valence-electron chi connectivity index (χ2n) is 7.28. The minimum Gasteiger partial charge on any atom is -0.497 e. The van der Waals surface area contributed by atoms with Crippen molar-refractivity contribution in [3.8, 4) is 16.9 Å². The molecule has 0 heterocycles. The van der Waals surface area contributed by atoms with E-state index in [4.69, 9.17) is 4.74 Å². The second kappa shape index (κ2) is 7.01. The Hall–Kier alpha value is -2.13. The van der Waals surface area contributed by atoms with E-state index in [1.807, 2.05) is 18.2 Å². The zero-order valence-corrected chi connectivity index (χ0v) is 15.1. The van der Waals surface area contributed by atoms with Crippen LogP contribution in [0.4, 0.5) is 4.39 Å². The first-order valence-electron chi connectivity index (χ1n) is 8.75. The fraction of sp³-hybridized carbons (Fsp3) is 0.364. The number of benzene rings is 2. The topological polar surface area (TPSA) is 29.5 Å². The number of halogens is 1. The monoisotopic (exact) mass is 340 g/mol. The van der Waals surface area contributed by atoms with Crippen LogP contribution in [-0.4, -0.2) is 12.2 Å². The van der Waals surface area contributed by atoms with Gasteiger partial charge in [-0.25, -0.2) is 4.39 Å². The van der Waals surface area contributed by atoms with Gasteiger partial charge in [0.2, 0.25) is 0 Å². The molecule has 0 radical (unpaired) electrons. The molecule has 25 heavy (non-hydrogen) atoms. The van der Waals surface area contributed by atoms with Gasteiger partial charge in [-0.15, -0.1) is 0 Å². The first kappa shape index (κ1) is 17.7. The number of aliphatic hydroxyl groups excluding tert-OH is 1. The quantitative estimate of drug-likeness (QED) is 0.786. The molecule has 1 aliphatic carbocycles. The van der Waals surface area contributed by atoms with E-state index in [-0.39, 0.29) is 17.8 Å². The smallest absolute Gasteiger partial charge is 0.131 e. The number of aliphatic hydroxyl groups is 1. The molecule has 0 bridgehead atoms. The summed E-state index contributed by atoms with van der Waals surface area (Å²) >= 11 is 0. The van der Waals surface area contributed by atoms with Crippen LogP contribution in [0.1, 0.15) is 44.2 Å². The van der Waals surface area contributed by atoms with Crippen molar-refractivity contribution in [2.75, 3.05) is 7.11 Å². The minimum absolute atomic E-state index is 0.0242. The van der Waals surface area contributed by atoms with Gasteiger partial charge >= 0.3 is 0 Å². The van der Waals surface area contributed by atoms with E-state index in [0.717, 1.165) is 29.5 Å². The summed E-state index contributed by atoms with van der Waals surface area (Å²) in [6.45, 7) is 4.44. The number of hydrogen-bond acceptors (Lipinski definition) is 2. The average Bonchev–Trinajstić information content (AvgIpc) is 2.61. The van der Waals surface area contributed by atoms with Crippen molar-refractivity contribution in [2.24, 2.45) is 5.41 Å². The summed E-state index contributed by atoms with van der Waals surface area (Å²) in [6, 6.07) is 10.6. The summed E-state index contributed by atoms with van der Waals surface area (Å²) in [5, 5.41) is 9.58. The van der Waals surface area contributed by atoms with Gasteiger partial charge in [-0.3, -0.25) is 0 Å². The Kier molecular flexibility index (Phi) is 4.96. The molecule has 3 heteroatoms. The van der Waals surface area contributed by atoms with Crippen LogP contribution >= 0.6 is 0 Å². The lowest BCUT2D eigenvalue weighted by molar-refractivity contribution is 0.282. The molecule has 132 valence electrons. The first-order valence-corrected chi connectivity index (χ1v) is 8.75. The van der Waals surface area contributed by atoms with Crippen LogP contribution in [0.3, 0.4) is 0 Å². The van der Waals surface area contributed by atoms with Crippen LogP contribution in [0.5, 0.6) is 5.75 Å². The molecule has 0 fully saturated rings. The van der Waals surface area contributed by atoms with Crippen LogP contribution in [0.15, 0.2) is 42.5 Å². The van der Waals surface area contributed by atoms with Crippen LogP contribution in [0, 0.1) is 11.2 Å². The van der Waals surface area contributed by atoms with Gasteiger partial charge in [-0.1, -0.05) is 32.1 Å². The van der Waals surface area contributed by atoms with Crippen molar-refractivity contribution in [3.05, 3.63) is 59.4 Å². The third kappa shape index (κ3) is 3.47. The van der Waals surface area contributed by atoms with Crippen molar-refractivity contribution in [3.63, 3.8) is 0 Å². The van der Waals surface area contributed by atoms with Gasteiger partial charge in [-0.05, 0) is 71.2 Å². The van der Waals surface area contributed by atoms with Crippen molar-refractivity contribution in [1.29, 1.82) is 0 Å². The Morgan fingerprint density at radius 1 is 1.08 bits per heavy atom. The Bertz CT molecular complexity index is 806. The maximum atomic E-state index is 14.6. The third-order valence-electron chi connectivity index (χ3n) is 5.10. The maximum absolute atomic E-state index is 14.6. The molecule has 2 aromatic rings. The van der Waals surface area contributed by atoms with E-state index >= 15 is 0 Å². The van der Waals surface area contributed by atoms with E-state index in [1.165, 1.54) is 18.1 Å². The Morgan fingerprint density at radius 2 is 1.88 bits per heavy atom. The SMILES string of the molecule is COc1ccc(F)c(-c2ccc(CO)cc2C2=CCCCC2(C)C)c1. The summed E-state index contributed by atoms with van der Waals surface area (Å²) in [7, 11) is 1.58. The fourth-order valence-corrected chi connectivity index (χ4v) is 3.66. The first-order chi connectivity index (χ1) is 12.0. The number of ether oxygens (including phenoxy) is 1. The minimum atomic E-state index is -0.270. The molecule has 0 amide bonds. The summed E-state index contributed by atoms with van der Waals surface area (Å²) in [5.74, 6) is 0.360. The molecule has 2 aromatic carbocycles. The summed E-state index contributed by atoms with van der Waals surface area (Å²) in [6.07, 6.45) is 5.56. The Balaban J connectivity index is 2.23. The highest BCUT2D eigenvalue weighted by molar-refractivity contribution is 5.84. The molecule has 1 N–H and O–H groups in total. The van der Waals surface area contributed by atoms with Crippen LogP contribution in [-0.2, 0) is 6.61 Å². The zero-order valence-electron chi connectivity index (χ0n) is 15.1. The molecular weight excluding hydrogens is 315 g/mol. The molecule has 1 aliphatic rings. The summed E-state index contributed by atoms with van der Waals surface area (Å²) in [5.41, 5.74) is 4.46. The van der Waals surface area contributed by atoms with Gasteiger partial charge < -0.3 is 9.84 Å². The average molecular weight is 340 g/mol. The van der Waals surface area contributed by atoms with E-state index in [9.17, 15) is 9.50 Å². The van der Waals surface area contributed by atoms with Crippen molar-refractivity contribution in [2.45, 2.75) is 39.7 Å². The molecule has 0 saturated carbocycles. The normalized spacial score (nSPS) is 16.4. The third-order valence-corrected chi connectivity index (χ3v) is 5.10. The second-order valence-corrected chi connectivity index (χ2v) is 7.28. The largest absolute Gasteiger partial charge is 0.497 e. The molecule has 0 saturated heterocycles. The van der Waals surface area contributed by atoms with Gasteiger partial charge in [0.1, 0.15) is 11.6 Å². The number of allylic oxidation sites excluding steroid dienone is 2. The van der Waals surface area contributed by atoms with Gasteiger partial charge in [0.05, 0.1) is 13.7 Å². The lowest BCUT2D eigenvalue weighted by Gasteiger charge is -2.33. The Morgan fingerprint density at radius 3 is 2.56 bits per heavy atom. The van der Waals surface area contributed by atoms with Gasteiger partial charge in [0, 0.05) is 5.56 Å². The molecule has 0 atom stereocenters. The highest BCUT2D eigenvalue weighted by atomic mass is 19.1. The molecule has 3 rings (SSSR count). The summed E-state index contributed by atoms with van der Waals surface area (Å²) in [4.78, 5) is 0. The Labute approximate surface area is 149 Å². The molecule has 0 aliphatic heterocycles. The molecule has 0 aromatic heterocycles. The van der Waals surface area contributed by atoms with E-state index in [1.54, 1.807) is 19.2 Å². The van der Waals surface area contributed by atoms with Gasteiger partial charge in [0.15, 0.2) is 0 Å². The number of hydrogen-bond donors (Lipinski definition) is 1. The van der Waals surface area contributed by atoms with Crippen molar-refractivity contribution >= 4 is 5.57 Å². The van der Waals surface area contributed by atoms with Crippen molar-refractivity contribution < 1.29 is 14.2 Å². The fourth-order valence-electron chi connectivity index (χ4n) is 3.66. The van der Waals surface area contributed by atoms with E-state index in [0.29, 0.717) is 11.3 Å². The lowest BCUT2D eigenvalue weighted by Crippen LogP contribution is -2.17. The molecular formula is C22H25FO2. The summed E-state index contributed by atoms with van der Waals surface area (Å²) < 4.78 is 19.9. The van der Waals surface area contributed by atoms with Crippen LogP contribution in [0.2, 0.25) is 0 Å². The predicted octanol–water partition coefficient (Wildman–Crippen LogP) is 5.59. The van der Waals surface area contributed by atoms with Crippen LogP contribution < -0.4 is 4.74 Å². The molecule has 2 nitrogen and oxygen atoms in total. The standard InChI is InChI=1S/C22H25FO2/c1-22(2)11-5-4-6-20(22)18-12-15(14-24)7-9-17(18)19-13-16(25-3)8-10-21(19)23/h6-10,12-13,24H,4-5,11,14H2,1-3H3. The number of rotatable bonds is 4. The van der Waals surface area contributed by atoms with Gasteiger partial charge in [0.25, 0.3) is 0 Å². The zero-order chi connectivity index (χ0) is 18.0. The number of methoxy groups -OCH3 is 1. The van der Waals surface area contributed by atoms with Gasteiger partial charge in [-0.2, -0.15) is 0 Å². The molecule has 0 spiro atoms. The van der Waals surface area contributed by atoms with Crippen LogP contribution in [0.25, 0.3) is 16.7 Å². The molecule has 0 unspecified atom stereocenters. The van der Waals surface area contributed by atoms with E-state index in [2.05, 4.69) is 19.9 Å². The highest BCUT2D eigenvalue weighted by Gasteiger charge is 2.29. The lowest BCUT2D eigenvalue weighted by atomic mass is 9.71. The maximum Gasteiger partial charge on any atom is 0.131 e. The van der Waals surface area contributed by atoms with Crippen molar-refractivity contribution in [1.82, 2.24) is 0 Å². The van der Waals surface area contributed by atoms with E-state index < -0.39 is 0 Å². The highest BCUT2D eigenvalue weighted by Crippen LogP contribution is 2.46. The predicted molar refractivity (Wildman–Crippen MR) is 99.9 cm³/mol.